The number of nitro groups is 2. The molecule has 11 heteroatoms. The molecule has 1 aliphatic rings. The molecule has 0 atom stereocenters. The molecule has 0 radical (unpaired) electrons. The van der Waals surface area contributed by atoms with Crippen LogP contribution in [-0.2, 0) is 4.79 Å². The first-order valence-corrected chi connectivity index (χ1v) is 10.2. The van der Waals surface area contributed by atoms with Crippen molar-refractivity contribution in [3.8, 4) is 11.5 Å². The van der Waals surface area contributed by atoms with E-state index in [1.807, 2.05) is 18.2 Å². The Morgan fingerprint density at radius 2 is 1.68 bits per heavy atom. The summed E-state index contributed by atoms with van der Waals surface area (Å²) in [5.74, 6) is -0.382. The van der Waals surface area contributed by atoms with Crippen LogP contribution in [0.15, 0.2) is 77.4 Å². The van der Waals surface area contributed by atoms with Gasteiger partial charge in [0.2, 0.25) is 5.75 Å². The number of non-ortho nitro benzene ring substituents is 1. The summed E-state index contributed by atoms with van der Waals surface area (Å²) in [5.41, 5.74) is 1.15. The van der Waals surface area contributed by atoms with Crippen LogP contribution in [-0.4, -0.2) is 21.5 Å². The van der Waals surface area contributed by atoms with Gasteiger partial charge >= 0.3 is 5.69 Å². The molecule has 34 heavy (non-hydrogen) atoms. The number of para-hydroxylation sites is 1. The number of amides is 1. The molecule has 1 amide bonds. The Morgan fingerprint density at radius 3 is 2.32 bits per heavy atom. The van der Waals surface area contributed by atoms with Crippen LogP contribution in [0.2, 0.25) is 5.02 Å². The molecule has 0 saturated carbocycles. The highest BCUT2D eigenvalue weighted by atomic mass is 35.5. The third-order valence-corrected chi connectivity index (χ3v) is 5.20. The first-order valence-electron chi connectivity index (χ1n) is 9.81. The zero-order chi connectivity index (χ0) is 24.4. The molecule has 3 aromatic rings. The van der Waals surface area contributed by atoms with Crippen molar-refractivity contribution < 1.29 is 19.4 Å². The summed E-state index contributed by atoms with van der Waals surface area (Å²) in [5, 5.41) is 28.0. The van der Waals surface area contributed by atoms with Crippen molar-refractivity contribution >= 4 is 46.4 Å². The van der Waals surface area contributed by atoms with E-state index < -0.39 is 21.2 Å². The average molecular weight is 479 g/mol. The SMILES string of the molecule is CC1=NN(c2ccccc2)C(=O)/C1=C/c1ccc(Oc2ccc([N+](=O)[O-])cc2[N+](=O)[O-])c(Cl)c1. The number of halogens is 1. The maximum absolute atomic E-state index is 12.9. The van der Waals surface area contributed by atoms with Crippen molar-refractivity contribution in [1.82, 2.24) is 0 Å². The molecule has 0 spiro atoms. The lowest BCUT2D eigenvalue weighted by Crippen LogP contribution is -2.21. The van der Waals surface area contributed by atoms with E-state index in [0.29, 0.717) is 22.5 Å². The van der Waals surface area contributed by atoms with Gasteiger partial charge in [-0.05, 0) is 48.9 Å². The molecule has 0 N–H and O–H groups in total. The predicted octanol–water partition coefficient (Wildman–Crippen LogP) is 5.75. The van der Waals surface area contributed by atoms with Gasteiger partial charge in [-0.1, -0.05) is 35.9 Å². The van der Waals surface area contributed by atoms with E-state index in [2.05, 4.69) is 5.10 Å². The summed E-state index contributed by atoms with van der Waals surface area (Å²) in [6.07, 6.45) is 1.63. The van der Waals surface area contributed by atoms with E-state index in [1.54, 1.807) is 31.2 Å². The van der Waals surface area contributed by atoms with Crippen LogP contribution in [0.3, 0.4) is 0 Å². The van der Waals surface area contributed by atoms with Crippen LogP contribution in [0, 0.1) is 20.2 Å². The molecule has 0 saturated heterocycles. The molecule has 0 fully saturated rings. The Balaban J connectivity index is 1.60. The quantitative estimate of drug-likeness (QED) is 0.252. The molecule has 0 bridgehead atoms. The van der Waals surface area contributed by atoms with Gasteiger partial charge in [-0.3, -0.25) is 25.0 Å². The number of anilines is 1. The second kappa shape index (κ2) is 9.12. The highest BCUT2D eigenvalue weighted by molar-refractivity contribution is 6.33. The van der Waals surface area contributed by atoms with Crippen LogP contribution in [0.1, 0.15) is 12.5 Å². The second-order valence-electron chi connectivity index (χ2n) is 7.15. The van der Waals surface area contributed by atoms with Gasteiger partial charge in [0.1, 0.15) is 5.75 Å². The Hall–Kier alpha value is -4.57. The third kappa shape index (κ3) is 4.48. The van der Waals surface area contributed by atoms with Crippen molar-refractivity contribution in [2.75, 3.05) is 5.01 Å². The van der Waals surface area contributed by atoms with Gasteiger partial charge in [-0.15, -0.1) is 0 Å². The monoisotopic (exact) mass is 478 g/mol. The number of carbonyl (C=O) groups is 1. The maximum Gasteiger partial charge on any atom is 0.318 e. The second-order valence-corrected chi connectivity index (χ2v) is 7.56. The summed E-state index contributed by atoms with van der Waals surface area (Å²) >= 11 is 6.32. The fourth-order valence-corrected chi connectivity index (χ4v) is 3.48. The van der Waals surface area contributed by atoms with Gasteiger partial charge < -0.3 is 4.74 Å². The molecule has 3 aromatic carbocycles. The number of carbonyl (C=O) groups excluding carboxylic acids is 1. The summed E-state index contributed by atoms with van der Waals surface area (Å²) in [6.45, 7) is 1.72. The van der Waals surface area contributed by atoms with Crippen LogP contribution in [0.25, 0.3) is 6.08 Å². The first kappa shape index (κ1) is 22.6. The lowest BCUT2D eigenvalue weighted by atomic mass is 10.1. The molecule has 1 heterocycles. The lowest BCUT2D eigenvalue weighted by molar-refractivity contribution is -0.394. The van der Waals surface area contributed by atoms with E-state index in [0.717, 1.165) is 18.2 Å². The summed E-state index contributed by atoms with van der Waals surface area (Å²) < 4.78 is 5.56. The standard InChI is InChI=1S/C23H15ClN4O6/c1-14-18(23(29)26(25-14)16-5-3-2-4-6-16)11-15-7-9-21(19(24)12-15)34-22-10-8-17(27(30)31)13-20(22)28(32)33/h2-13H,1H3/b18-11+. The Kier molecular flexibility index (Phi) is 6.07. The van der Waals surface area contributed by atoms with Gasteiger partial charge in [0.05, 0.1) is 37.9 Å². The average Bonchev–Trinajstić information content (AvgIpc) is 3.09. The molecular formula is C23H15ClN4O6. The summed E-state index contributed by atoms with van der Waals surface area (Å²) in [4.78, 5) is 33.6. The summed E-state index contributed by atoms with van der Waals surface area (Å²) in [6, 6.07) is 16.7. The number of benzene rings is 3. The topological polar surface area (TPSA) is 128 Å². The van der Waals surface area contributed by atoms with Crippen LogP contribution < -0.4 is 9.75 Å². The molecule has 0 unspecified atom stereocenters. The van der Waals surface area contributed by atoms with Crippen LogP contribution in [0.5, 0.6) is 11.5 Å². The van der Waals surface area contributed by atoms with Gasteiger partial charge in [-0.2, -0.15) is 10.1 Å². The molecular weight excluding hydrogens is 464 g/mol. The number of hydrogen-bond donors (Lipinski definition) is 0. The van der Waals surface area contributed by atoms with E-state index >= 15 is 0 Å². The van der Waals surface area contributed by atoms with E-state index in [-0.39, 0.29) is 22.4 Å². The van der Waals surface area contributed by atoms with Crippen molar-refractivity contribution in [3.05, 3.63) is 103 Å². The Bertz CT molecular complexity index is 1390. The maximum atomic E-state index is 12.9. The fourth-order valence-electron chi connectivity index (χ4n) is 3.25. The zero-order valence-electron chi connectivity index (χ0n) is 17.5. The molecule has 10 nitrogen and oxygen atoms in total. The smallest absolute Gasteiger partial charge is 0.318 e. The number of nitrogens with zero attached hydrogens (tertiary/aromatic N) is 4. The fraction of sp³-hybridized carbons (Fsp3) is 0.0435. The third-order valence-electron chi connectivity index (χ3n) is 4.90. The molecule has 1 aliphatic heterocycles. The highest BCUT2D eigenvalue weighted by Gasteiger charge is 2.28. The van der Waals surface area contributed by atoms with Crippen molar-refractivity contribution in [2.24, 2.45) is 5.10 Å². The normalized spacial score (nSPS) is 14.3. The Morgan fingerprint density at radius 1 is 0.971 bits per heavy atom. The predicted molar refractivity (Wildman–Crippen MR) is 126 cm³/mol. The molecule has 0 aliphatic carbocycles. The van der Waals surface area contributed by atoms with E-state index in [1.165, 1.54) is 17.1 Å². The largest absolute Gasteiger partial charge is 0.449 e. The minimum atomic E-state index is -0.776. The summed E-state index contributed by atoms with van der Waals surface area (Å²) in [7, 11) is 0. The number of ether oxygens (including phenoxy) is 1. The number of nitro benzene ring substituents is 2. The molecule has 4 rings (SSSR count). The lowest BCUT2D eigenvalue weighted by Gasteiger charge is -2.11. The number of rotatable bonds is 6. The zero-order valence-corrected chi connectivity index (χ0v) is 18.3. The minimum absolute atomic E-state index is 0.106. The van der Waals surface area contributed by atoms with Gasteiger partial charge in [0.15, 0.2) is 0 Å². The van der Waals surface area contributed by atoms with Gasteiger partial charge in [-0.25, -0.2) is 0 Å². The molecule has 170 valence electrons. The molecule has 0 aromatic heterocycles. The highest BCUT2D eigenvalue weighted by Crippen LogP contribution is 2.37. The van der Waals surface area contributed by atoms with Crippen LogP contribution >= 0.6 is 11.6 Å². The van der Waals surface area contributed by atoms with Crippen molar-refractivity contribution in [2.45, 2.75) is 6.92 Å². The van der Waals surface area contributed by atoms with Crippen molar-refractivity contribution in [3.63, 3.8) is 0 Å². The van der Waals surface area contributed by atoms with Gasteiger partial charge in [0, 0.05) is 6.07 Å². The van der Waals surface area contributed by atoms with Gasteiger partial charge in [0.25, 0.3) is 11.6 Å². The first-order chi connectivity index (χ1) is 16.2. The van der Waals surface area contributed by atoms with Crippen LogP contribution in [0.4, 0.5) is 17.1 Å². The van der Waals surface area contributed by atoms with Crippen molar-refractivity contribution in [1.29, 1.82) is 0 Å². The minimum Gasteiger partial charge on any atom is -0.449 e. The van der Waals surface area contributed by atoms with E-state index in [9.17, 15) is 25.0 Å². The van der Waals surface area contributed by atoms with E-state index in [4.69, 9.17) is 16.3 Å². The number of hydrazone groups is 1. The number of hydrogen-bond acceptors (Lipinski definition) is 7. The Labute approximate surface area is 197 Å².